The normalized spacial score (nSPS) is 10.4. The van der Waals surface area contributed by atoms with Crippen LogP contribution in [0.4, 0.5) is 5.69 Å². The van der Waals surface area contributed by atoms with Gasteiger partial charge in [0, 0.05) is 16.7 Å². The molecule has 0 spiro atoms. The average molecular weight is 348 g/mol. The van der Waals surface area contributed by atoms with E-state index in [4.69, 9.17) is 5.11 Å². The summed E-state index contributed by atoms with van der Waals surface area (Å²) in [6.45, 7) is 2.86. The van der Waals surface area contributed by atoms with Gasteiger partial charge in [-0.2, -0.15) is 0 Å². The topological polar surface area (TPSA) is 49.3 Å². The molecule has 0 saturated heterocycles. The molecule has 0 aliphatic rings. The minimum absolute atomic E-state index is 0.0698. The molecule has 21 heavy (non-hydrogen) atoms. The van der Waals surface area contributed by atoms with Gasteiger partial charge in [-0.3, -0.25) is 4.79 Å². The Hall–Kier alpha value is -1.81. The van der Waals surface area contributed by atoms with Gasteiger partial charge in [0.05, 0.1) is 6.42 Å². The number of hydrogen-bond acceptors (Lipinski definition) is 2. The highest BCUT2D eigenvalue weighted by Crippen LogP contribution is 2.22. The Morgan fingerprint density at radius 2 is 1.81 bits per heavy atom. The lowest BCUT2D eigenvalue weighted by Gasteiger charge is -2.12. The molecule has 0 radical (unpaired) electrons. The lowest BCUT2D eigenvalue weighted by atomic mass is 10.1. The monoisotopic (exact) mass is 347 g/mol. The fourth-order valence-electron chi connectivity index (χ4n) is 2.17. The Morgan fingerprint density at radius 1 is 1.14 bits per heavy atom. The largest absolute Gasteiger partial charge is 0.481 e. The maximum Gasteiger partial charge on any atom is 0.307 e. The fourth-order valence-corrected chi connectivity index (χ4v) is 2.58. The molecule has 0 bridgehead atoms. The SMILES string of the molecule is CCc1cc(Br)ccc1NCc1ccc(CC(=O)O)cc1. The van der Waals surface area contributed by atoms with Crippen LogP contribution in [0.3, 0.4) is 0 Å². The number of benzene rings is 2. The number of aliphatic carboxylic acids is 1. The quantitative estimate of drug-likeness (QED) is 0.821. The van der Waals surface area contributed by atoms with E-state index in [0.717, 1.165) is 34.3 Å². The molecule has 0 atom stereocenters. The molecule has 0 aromatic heterocycles. The summed E-state index contributed by atoms with van der Waals surface area (Å²) in [5.74, 6) is -0.802. The Balaban J connectivity index is 2.01. The fraction of sp³-hybridized carbons (Fsp3) is 0.235. The number of carboxylic acid groups (broad SMARTS) is 1. The van der Waals surface area contributed by atoms with Gasteiger partial charge >= 0.3 is 5.97 Å². The van der Waals surface area contributed by atoms with E-state index in [1.165, 1.54) is 5.56 Å². The van der Waals surface area contributed by atoms with Crippen molar-refractivity contribution in [1.29, 1.82) is 0 Å². The van der Waals surface area contributed by atoms with Crippen LogP contribution in [-0.4, -0.2) is 11.1 Å². The predicted octanol–water partition coefficient (Wildman–Crippen LogP) is 4.25. The first-order chi connectivity index (χ1) is 10.1. The van der Waals surface area contributed by atoms with Crippen LogP contribution in [-0.2, 0) is 24.2 Å². The first-order valence-electron chi connectivity index (χ1n) is 6.90. The molecule has 110 valence electrons. The van der Waals surface area contributed by atoms with E-state index in [2.05, 4.69) is 40.3 Å². The van der Waals surface area contributed by atoms with Crippen LogP contribution in [0, 0.1) is 0 Å². The third-order valence-corrected chi connectivity index (χ3v) is 3.80. The number of hydrogen-bond donors (Lipinski definition) is 2. The molecule has 0 aliphatic heterocycles. The molecule has 2 aromatic rings. The first kappa shape index (κ1) is 15.6. The Bertz CT molecular complexity index is 623. The molecule has 3 nitrogen and oxygen atoms in total. The second kappa shape index (κ2) is 7.27. The maximum absolute atomic E-state index is 10.6. The van der Waals surface area contributed by atoms with E-state index in [1.54, 1.807) is 0 Å². The maximum atomic E-state index is 10.6. The summed E-state index contributed by atoms with van der Waals surface area (Å²) in [5.41, 5.74) is 4.36. The summed E-state index contributed by atoms with van der Waals surface area (Å²) in [6.07, 6.45) is 1.04. The van der Waals surface area contributed by atoms with Crippen molar-refractivity contribution in [2.75, 3.05) is 5.32 Å². The summed E-state index contributed by atoms with van der Waals surface area (Å²) in [5, 5.41) is 12.2. The second-order valence-electron chi connectivity index (χ2n) is 4.90. The number of aryl methyl sites for hydroxylation is 1. The van der Waals surface area contributed by atoms with Gasteiger partial charge in [0.15, 0.2) is 0 Å². The zero-order valence-corrected chi connectivity index (χ0v) is 13.5. The van der Waals surface area contributed by atoms with Crippen LogP contribution in [0.15, 0.2) is 46.9 Å². The number of rotatable bonds is 6. The molecule has 0 amide bonds. The van der Waals surface area contributed by atoms with Crippen molar-refractivity contribution >= 4 is 27.6 Å². The summed E-state index contributed by atoms with van der Waals surface area (Å²) < 4.78 is 1.09. The molecule has 2 aromatic carbocycles. The van der Waals surface area contributed by atoms with E-state index in [1.807, 2.05) is 30.3 Å². The molecule has 2 N–H and O–H groups in total. The summed E-state index contributed by atoms with van der Waals surface area (Å²) in [7, 11) is 0. The van der Waals surface area contributed by atoms with Gasteiger partial charge in [0.25, 0.3) is 0 Å². The molecule has 0 aliphatic carbocycles. The van der Waals surface area contributed by atoms with E-state index in [9.17, 15) is 4.79 Å². The first-order valence-corrected chi connectivity index (χ1v) is 7.69. The van der Waals surface area contributed by atoms with Gasteiger partial charge in [-0.1, -0.05) is 47.1 Å². The molecule has 0 unspecified atom stereocenters. The highest BCUT2D eigenvalue weighted by atomic mass is 79.9. The minimum Gasteiger partial charge on any atom is -0.481 e. The van der Waals surface area contributed by atoms with Gasteiger partial charge in [-0.05, 0) is 41.3 Å². The predicted molar refractivity (Wildman–Crippen MR) is 88.6 cm³/mol. The van der Waals surface area contributed by atoms with E-state index < -0.39 is 5.97 Å². The van der Waals surface area contributed by atoms with Crippen LogP contribution < -0.4 is 5.32 Å². The number of carboxylic acids is 1. The minimum atomic E-state index is -0.802. The lowest BCUT2D eigenvalue weighted by Crippen LogP contribution is -2.03. The second-order valence-corrected chi connectivity index (χ2v) is 5.81. The van der Waals surface area contributed by atoms with Crippen molar-refractivity contribution in [2.24, 2.45) is 0 Å². The van der Waals surface area contributed by atoms with Crippen molar-refractivity contribution in [2.45, 2.75) is 26.3 Å². The van der Waals surface area contributed by atoms with E-state index in [-0.39, 0.29) is 6.42 Å². The van der Waals surface area contributed by atoms with E-state index >= 15 is 0 Å². The van der Waals surface area contributed by atoms with Crippen molar-refractivity contribution in [3.63, 3.8) is 0 Å². The van der Waals surface area contributed by atoms with Gasteiger partial charge < -0.3 is 10.4 Å². The van der Waals surface area contributed by atoms with Crippen LogP contribution >= 0.6 is 15.9 Å². The van der Waals surface area contributed by atoms with E-state index in [0.29, 0.717) is 0 Å². The van der Waals surface area contributed by atoms with Gasteiger partial charge in [0.2, 0.25) is 0 Å². The van der Waals surface area contributed by atoms with Crippen LogP contribution in [0.2, 0.25) is 0 Å². The Kier molecular flexibility index (Phi) is 5.39. The zero-order chi connectivity index (χ0) is 15.2. The highest BCUT2D eigenvalue weighted by molar-refractivity contribution is 9.10. The summed E-state index contributed by atoms with van der Waals surface area (Å²) in [6, 6.07) is 13.9. The molecule has 0 saturated carbocycles. The lowest BCUT2D eigenvalue weighted by molar-refractivity contribution is -0.136. The van der Waals surface area contributed by atoms with Gasteiger partial charge in [-0.15, -0.1) is 0 Å². The number of carbonyl (C=O) groups is 1. The third-order valence-electron chi connectivity index (χ3n) is 3.31. The molecule has 2 rings (SSSR count). The smallest absolute Gasteiger partial charge is 0.307 e. The highest BCUT2D eigenvalue weighted by Gasteiger charge is 2.03. The molecule has 4 heteroatoms. The molecule has 0 heterocycles. The van der Waals surface area contributed by atoms with Crippen molar-refractivity contribution in [1.82, 2.24) is 0 Å². The number of nitrogens with one attached hydrogen (secondary N) is 1. The Labute approximate surface area is 133 Å². The van der Waals surface area contributed by atoms with Crippen molar-refractivity contribution in [3.05, 3.63) is 63.6 Å². The van der Waals surface area contributed by atoms with Gasteiger partial charge in [-0.25, -0.2) is 0 Å². The van der Waals surface area contributed by atoms with Crippen LogP contribution in [0.5, 0.6) is 0 Å². The van der Waals surface area contributed by atoms with Gasteiger partial charge in [0.1, 0.15) is 0 Å². The third kappa shape index (κ3) is 4.60. The molecule has 0 fully saturated rings. The van der Waals surface area contributed by atoms with Crippen LogP contribution in [0.1, 0.15) is 23.6 Å². The molecular formula is C17H18BrNO2. The standard InChI is InChI=1S/C17H18BrNO2/c1-2-14-10-15(18)7-8-16(14)19-11-13-5-3-12(4-6-13)9-17(20)21/h3-8,10,19H,2,9,11H2,1H3,(H,20,21). The zero-order valence-electron chi connectivity index (χ0n) is 11.9. The number of anilines is 1. The summed E-state index contributed by atoms with van der Waals surface area (Å²) >= 11 is 3.48. The van der Waals surface area contributed by atoms with Crippen LogP contribution in [0.25, 0.3) is 0 Å². The van der Waals surface area contributed by atoms with Crippen molar-refractivity contribution in [3.8, 4) is 0 Å². The number of halogens is 1. The van der Waals surface area contributed by atoms with Crippen molar-refractivity contribution < 1.29 is 9.90 Å². The average Bonchev–Trinajstić information content (AvgIpc) is 2.46. The molecular weight excluding hydrogens is 330 g/mol. The Morgan fingerprint density at radius 3 is 2.43 bits per heavy atom. The summed E-state index contributed by atoms with van der Waals surface area (Å²) in [4.78, 5) is 10.6.